The van der Waals surface area contributed by atoms with Gasteiger partial charge in [0, 0.05) is 18.9 Å². The highest BCUT2D eigenvalue weighted by Gasteiger charge is 2.61. The lowest BCUT2D eigenvalue weighted by atomic mass is 10.0. The average molecular weight is 567 g/mol. The Morgan fingerprint density at radius 1 is 1.12 bits per heavy atom. The number of nitrogens with zero attached hydrogens (tertiary/aromatic N) is 4. The fraction of sp³-hybridized carbons (Fsp3) is 0.586. The number of alkyl carbamates (subject to hydrolysis) is 1. The van der Waals surface area contributed by atoms with Gasteiger partial charge in [0.15, 0.2) is 0 Å². The van der Waals surface area contributed by atoms with Gasteiger partial charge >= 0.3 is 12.1 Å². The molecular formula is C29H38N6O6. The maximum atomic E-state index is 14.1. The zero-order valence-electron chi connectivity index (χ0n) is 23.7. The van der Waals surface area contributed by atoms with Gasteiger partial charge in [0.05, 0.1) is 6.04 Å². The molecule has 0 spiro atoms. The minimum absolute atomic E-state index is 0.133. The van der Waals surface area contributed by atoms with Crippen LogP contribution in [0.1, 0.15) is 71.8 Å². The standard InChI is InChI=1S/C29H38N6O6/c1-28(2,3)41-27(40)30-22-14-8-6-4-5-7-11-18-16-29(18,26(38)39)31-24(36)23-15-19(17-34(23)25(22)37)35-32-20-12-9-10-13-21(20)33-35/h7,9-13,18-19,22-23H,4-6,8,14-17H2,1-3H3,(H,30,40)(H,31,36)(H,38,39)/b11-7-/t18-,19?,22+,23-,29-/m0/s1. The van der Waals surface area contributed by atoms with Crippen LogP contribution < -0.4 is 10.6 Å². The SMILES string of the molecule is CC(C)(C)OC(=O)N[C@@H]1CCCCC/C=C\[C@H]2C[C@]2(C(=O)O)NC(=O)[C@@H]2CC(n3nc4ccccc4n3)CN2C1=O. The molecule has 3 heterocycles. The van der Waals surface area contributed by atoms with Gasteiger partial charge in [-0.05, 0) is 58.6 Å². The van der Waals surface area contributed by atoms with Crippen LogP contribution >= 0.6 is 0 Å². The van der Waals surface area contributed by atoms with E-state index in [-0.39, 0.29) is 18.9 Å². The van der Waals surface area contributed by atoms with Crippen LogP contribution in [0.4, 0.5) is 4.79 Å². The Morgan fingerprint density at radius 2 is 1.83 bits per heavy atom. The second kappa shape index (κ2) is 11.1. The molecule has 2 aliphatic heterocycles. The molecular weight excluding hydrogens is 528 g/mol. The molecule has 41 heavy (non-hydrogen) atoms. The van der Waals surface area contributed by atoms with E-state index in [1.54, 1.807) is 20.8 Å². The van der Waals surface area contributed by atoms with E-state index in [0.717, 1.165) is 19.3 Å². The number of aromatic nitrogens is 3. The molecule has 1 saturated carbocycles. The lowest BCUT2D eigenvalue weighted by molar-refractivity contribution is -0.145. The molecule has 3 amide bonds. The maximum absolute atomic E-state index is 14.1. The number of carbonyl (C=O) groups is 4. The third-order valence-electron chi connectivity index (χ3n) is 7.96. The molecule has 220 valence electrons. The zero-order valence-corrected chi connectivity index (χ0v) is 23.7. The molecule has 0 bridgehead atoms. The van der Waals surface area contributed by atoms with E-state index in [2.05, 4.69) is 20.8 Å². The van der Waals surface area contributed by atoms with Crippen LogP contribution in [-0.2, 0) is 19.1 Å². The number of allylic oxidation sites excluding steroid dienone is 1. The predicted octanol–water partition coefficient (Wildman–Crippen LogP) is 2.95. The molecule has 3 N–H and O–H groups in total. The highest BCUT2D eigenvalue weighted by atomic mass is 16.6. The Hall–Kier alpha value is -3.96. The molecule has 5 atom stereocenters. The summed E-state index contributed by atoms with van der Waals surface area (Å²) < 4.78 is 5.43. The minimum atomic E-state index is -1.40. The summed E-state index contributed by atoms with van der Waals surface area (Å²) in [7, 11) is 0. The van der Waals surface area contributed by atoms with Crippen LogP contribution in [0, 0.1) is 5.92 Å². The molecule has 1 aliphatic carbocycles. The molecule has 1 aromatic carbocycles. The Balaban J connectivity index is 1.46. The first-order valence-electron chi connectivity index (χ1n) is 14.3. The van der Waals surface area contributed by atoms with Gasteiger partial charge in [-0.1, -0.05) is 37.1 Å². The highest BCUT2D eigenvalue weighted by molar-refractivity contribution is 5.96. The molecule has 3 aliphatic rings. The van der Waals surface area contributed by atoms with E-state index in [1.165, 1.54) is 9.70 Å². The largest absolute Gasteiger partial charge is 0.479 e. The van der Waals surface area contributed by atoms with Crippen molar-refractivity contribution >= 4 is 34.9 Å². The van der Waals surface area contributed by atoms with Crippen molar-refractivity contribution in [1.29, 1.82) is 0 Å². The van der Waals surface area contributed by atoms with E-state index in [4.69, 9.17) is 4.74 Å². The first kappa shape index (κ1) is 28.6. The number of benzene rings is 1. The molecule has 12 heteroatoms. The Kier molecular flexibility index (Phi) is 7.76. The van der Waals surface area contributed by atoms with Gasteiger partial charge in [-0.2, -0.15) is 15.0 Å². The number of carboxylic acid groups (broad SMARTS) is 1. The summed E-state index contributed by atoms with van der Waals surface area (Å²) in [6.45, 7) is 5.37. The van der Waals surface area contributed by atoms with Crippen molar-refractivity contribution in [3.63, 3.8) is 0 Å². The maximum Gasteiger partial charge on any atom is 0.408 e. The van der Waals surface area contributed by atoms with Crippen molar-refractivity contribution in [2.75, 3.05) is 6.54 Å². The van der Waals surface area contributed by atoms with Crippen molar-refractivity contribution in [3.05, 3.63) is 36.4 Å². The van der Waals surface area contributed by atoms with Crippen LogP contribution in [0.15, 0.2) is 36.4 Å². The number of ether oxygens (including phenoxy) is 1. The molecule has 0 radical (unpaired) electrons. The van der Waals surface area contributed by atoms with Gasteiger partial charge in [-0.25, -0.2) is 9.59 Å². The van der Waals surface area contributed by atoms with Gasteiger partial charge in [0.25, 0.3) is 0 Å². The number of rotatable bonds is 3. The summed E-state index contributed by atoms with van der Waals surface area (Å²) >= 11 is 0. The predicted molar refractivity (Wildman–Crippen MR) is 149 cm³/mol. The molecule has 1 saturated heterocycles. The lowest BCUT2D eigenvalue weighted by Gasteiger charge is -2.30. The van der Waals surface area contributed by atoms with Gasteiger partial charge in [-0.15, -0.1) is 0 Å². The van der Waals surface area contributed by atoms with Crippen molar-refractivity contribution in [1.82, 2.24) is 30.5 Å². The summed E-state index contributed by atoms with van der Waals surface area (Å²) in [6.07, 6.45) is 7.14. The van der Waals surface area contributed by atoms with Gasteiger partial charge < -0.3 is 25.4 Å². The summed E-state index contributed by atoms with van der Waals surface area (Å²) in [4.78, 5) is 55.8. The second-order valence-electron chi connectivity index (χ2n) is 12.2. The number of aliphatic carboxylic acids is 1. The van der Waals surface area contributed by atoms with Gasteiger partial charge in [0.1, 0.15) is 34.3 Å². The summed E-state index contributed by atoms with van der Waals surface area (Å²) in [5.41, 5.74) is -0.766. The van der Waals surface area contributed by atoms with Crippen LogP contribution in [0.25, 0.3) is 11.0 Å². The zero-order chi connectivity index (χ0) is 29.4. The molecule has 12 nitrogen and oxygen atoms in total. The number of carboxylic acids is 1. The van der Waals surface area contributed by atoms with E-state index in [1.807, 2.05) is 36.4 Å². The molecule has 2 fully saturated rings. The monoisotopic (exact) mass is 566 g/mol. The highest BCUT2D eigenvalue weighted by Crippen LogP contribution is 2.45. The van der Waals surface area contributed by atoms with Crippen LogP contribution in [0.2, 0.25) is 0 Å². The third kappa shape index (κ3) is 6.20. The van der Waals surface area contributed by atoms with E-state index in [9.17, 15) is 24.3 Å². The number of fused-ring (bicyclic) bond motifs is 3. The molecule has 1 unspecified atom stereocenters. The van der Waals surface area contributed by atoms with E-state index in [0.29, 0.717) is 30.3 Å². The average Bonchev–Trinajstić information content (AvgIpc) is 3.23. The van der Waals surface area contributed by atoms with Crippen molar-refractivity contribution in [2.45, 2.75) is 95.0 Å². The second-order valence-corrected chi connectivity index (χ2v) is 12.2. The summed E-state index contributed by atoms with van der Waals surface area (Å²) in [6, 6.07) is 5.10. The first-order valence-corrected chi connectivity index (χ1v) is 14.3. The number of amides is 3. The van der Waals surface area contributed by atoms with Crippen LogP contribution in [0.5, 0.6) is 0 Å². The number of carbonyl (C=O) groups excluding carboxylic acids is 3. The van der Waals surface area contributed by atoms with E-state index < -0.39 is 53.1 Å². The fourth-order valence-corrected chi connectivity index (χ4v) is 5.73. The quantitative estimate of drug-likeness (QED) is 0.479. The molecule has 1 aromatic heterocycles. The molecule has 2 aromatic rings. The van der Waals surface area contributed by atoms with Crippen molar-refractivity contribution < 1.29 is 29.0 Å². The number of nitrogens with one attached hydrogen (secondary N) is 2. The van der Waals surface area contributed by atoms with Crippen molar-refractivity contribution in [3.8, 4) is 0 Å². The smallest absolute Gasteiger partial charge is 0.408 e. The lowest BCUT2D eigenvalue weighted by Crippen LogP contribution is -2.56. The third-order valence-corrected chi connectivity index (χ3v) is 7.96. The topological polar surface area (TPSA) is 156 Å². The van der Waals surface area contributed by atoms with Crippen molar-refractivity contribution in [2.24, 2.45) is 5.92 Å². The number of hydrogen-bond donors (Lipinski definition) is 3. The van der Waals surface area contributed by atoms with Crippen LogP contribution in [-0.4, -0.2) is 78.6 Å². The van der Waals surface area contributed by atoms with Gasteiger partial charge in [-0.3, -0.25) is 9.59 Å². The minimum Gasteiger partial charge on any atom is -0.479 e. The van der Waals surface area contributed by atoms with Crippen LogP contribution in [0.3, 0.4) is 0 Å². The fourth-order valence-electron chi connectivity index (χ4n) is 5.73. The normalized spacial score (nSPS) is 29.9. The Morgan fingerprint density at radius 3 is 2.49 bits per heavy atom. The number of hydrogen-bond acceptors (Lipinski definition) is 7. The Bertz CT molecular complexity index is 1330. The molecule has 5 rings (SSSR count). The first-order chi connectivity index (χ1) is 19.5. The summed E-state index contributed by atoms with van der Waals surface area (Å²) in [5, 5.41) is 24.7. The Labute approximate surface area is 238 Å². The van der Waals surface area contributed by atoms with E-state index >= 15 is 0 Å². The summed E-state index contributed by atoms with van der Waals surface area (Å²) in [5.74, 6) is -2.36. The van der Waals surface area contributed by atoms with Gasteiger partial charge in [0.2, 0.25) is 11.8 Å².